The van der Waals surface area contributed by atoms with Crippen molar-refractivity contribution < 1.29 is 0 Å². The van der Waals surface area contributed by atoms with Crippen molar-refractivity contribution in [3.8, 4) is 0 Å². The number of nitrogens with zero attached hydrogens (tertiary/aromatic N) is 1. The second kappa shape index (κ2) is 5.64. The molecule has 1 aliphatic heterocycles. The first kappa shape index (κ1) is 13.1. The smallest absolute Gasteiger partial charge is 0.0180 e. The maximum absolute atomic E-state index is 6.03. The van der Waals surface area contributed by atoms with Crippen LogP contribution in [0, 0.1) is 6.92 Å². The summed E-state index contributed by atoms with van der Waals surface area (Å²) in [6, 6.07) is 10.3. The Morgan fingerprint density at radius 1 is 1.11 bits per heavy atom. The Labute approximate surface area is 117 Å². The zero-order valence-corrected chi connectivity index (χ0v) is 12.0. The average molecular weight is 258 g/mol. The topological polar surface area (TPSA) is 29.3 Å². The lowest BCUT2D eigenvalue weighted by molar-refractivity contribution is 0.180. The largest absolute Gasteiger partial charge is 0.326 e. The van der Waals surface area contributed by atoms with Crippen LogP contribution >= 0.6 is 0 Å². The van der Waals surface area contributed by atoms with Gasteiger partial charge in [0.05, 0.1) is 0 Å². The summed E-state index contributed by atoms with van der Waals surface area (Å²) in [6.45, 7) is 4.54. The molecule has 1 aromatic carbocycles. The highest BCUT2D eigenvalue weighted by atomic mass is 15.2. The number of nitrogens with two attached hydrogens (primary N) is 1. The number of likely N-dealkylation sites (tertiary alicyclic amines) is 1. The molecule has 0 amide bonds. The van der Waals surface area contributed by atoms with E-state index in [1.54, 1.807) is 5.56 Å². The first-order chi connectivity index (χ1) is 9.22. The molecule has 2 N–H and O–H groups in total. The third kappa shape index (κ3) is 3.01. The van der Waals surface area contributed by atoms with E-state index < -0.39 is 0 Å². The van der Waals surface area contributed by atoms with Gasteiger partial charge in [0.1, 0.15) is 0 Å². The molecule has 104 valence electrons. The average Bonchev–Trinajstić information content (AvgIpc) is 2.86. The molecule has 1 saturated heterocycles. The van der Waals surface area contributed by atoms with Crippen molar-refractivity contribution in [2.24, 2.45) is 5.73 Å². The van der Waals surface area contributed by atoms with E-state index in [9.17, 15) is 0 Å². The summed E-state index contributed by atoms with van der Waals surface area (Å²) in [6.07, 6.45) is 6.59. The second-order valence-electron chi connectivity index (χ2n) is 6.46. The summed E-state index contributed by atoms with van der Waals surface area (Å²) in [4.78, 5) is 2.64. The van der Waals surface area contributed by atoms with Gasteiger partial charge in [-0.1, -0.05) is 29.8 Å². The van der Waals surface area contributed by atoms with Crippen LogP contribution in [0.2, 0.25) is 0 Å². The highest BCUT2D eigenvalue weighted by Crippen LogP contribution is 2.35. The van der Waals surface area contributed by atoms with Gasteiger partial charge in [-0.15, -0.1) is 0 Å². The van der Waals surface area contributed by atoms with Crippen molar-refractivity contribution in [2.75, 3.05) is 13.1 Å². The van der Waals surface area contributed by atoms with Crippen LogP contribution in [0.4, 0.5) is 0 Å². The third-order valence-corrected chi connectivity index (χ3v) is 4.98. The van der Waals surface area contributed by atoms with Gasteiger partial charge in [-0.05, 0) is 50.5 Å². The SMILES string of the molecule is Cc1cccc(C2CCC(N3CCC(N)C3)CC2)c1. The minimum absolute atomic E-state index is 0.425. The van der Waals surface area contributed by atoms with Crippen molar-refractivity contribution >= 4 is 0 Å². The van der Waals surface area contributed by atoms with Gasteiger partial charge in [0, 0.05) is 25.2 Å². The van der Waals surface area contributed by atoms with E-state index in [-0.39, 0.29) is 0 Å². The molecule has 3 rings (SSSR count). The normalized spacial score (nSPS) is 32.6. The molecule has 1 aliphatic carbocycles. The molecule has 1 atom stereocenters. The van der Waals surface area contributed by atoms with Crippen molar-refractivity contribution in [1.29, 1.82) is 0 Å². The molecule has 1 aromatic rings. The number of hydrogen-bond donors (Lipinski definition) is 1. The molecule has 2 heteroatoms. The monoisotopic (exact) mass is 258 g/mol. The lowest BCUT2D eigenvalue weighted by Crippen LogP contribution is -2.37. The van der Waals surface area contributed by atoms with Crippen LogP contribution < -0.4 is 5.73 Å². The molecular formula is C17H26N2. The van der Waals surface area contributed by atoms with Crippen LogP contribution in [-0.4, -0.2) is 30.1 Å². The Morgan fingerprint density at radius 2 is 1.89 bits per heavy atom. The van der Waals surface area contributed by atoms with E-state index in [0.29, 0.717) is 6.04 Å². The fourth-order valence-electron chi connectivity index (χ4n) is 3.85. The summed E-state index contributed by atoms with van der Waals surface area (Å²) in [7, 11) is 0. The van der Waals surface area contributed by atoms with Crippen LogP contribution in [0.1, 0.15) is 49.1 Å². The molecule has 0 radical (unpaired) electrons. The summed E-state index contributed by atoms with van der Waals surface area (Å²) in [5.41, 5.74) is 8.97. The maximum atomic E-state index is 6.03. The number of benzene rings is 1. The van der Waals surface area contributed by atoms with Crippen molar-refractivity contribution in [1.82, 2.24) is 4.90 Å². The molecule has 0 bridgehead atoms. The molecule has 1 saturated carbocycles. The van der Waals surface area contributed by atoms with Crippen molar-refractivity contribution in [3.05, 3.63) is 35.4 Å². The van der Waals surface area contributed by atoms with Crippen LogP contribution in [0.15, 0.2) is 24.3 Å². The van der Waals surface area contributed by atoms with E-state index in [2.05, 4.69) is 36.1 Å². The predicted octanol–water partition coefficient (Wildman–Crippen LogP) is 3.05. The summed E-state index contributed by atoms with van der Waals surface area (Å²) in [5, 5.41) is 0. The van der Waals surface area contributed by atoms with Crippen LogP contribution in [-0.2, 0) is 0 Å². The Hall–Kier alpha value is -0.860. The van der Waals surface area contributed by atoms with Gasteiger partial charge in [-0.25, -0.2) is 0 Å². The molecule has 2 fully saturated rings. The molecule has 2 nitrogen and oxygen atoms in total. The zero-order valence-electron chi connectivity index (χ0n) is 12.0. The van der Waals surface area contributed by atoms with E-state index in [1.807, 2.05) is 0 Å². The van der Waals surface area contributed by atoms with Gasteiger partial charge in [0.25, 0.3) is 0 Å². The number of aryl methyl sites for hydroxylation is 1. The maximum Gasteiger partial charge on any atom is 0.0180 e. The summed E-state index contributed by atoms with van der Waals surface area (Å²) in [5.74, 6) is 0.785. The summed E-state index contributed by atoms with van der Waals surface area (Å²) < 4.78 is 0. The second-order valence-corrected chi connectivity index (χ2v) is 6.46. The molecule has 0 spiro atoms. The van der Waals surface area contributed by atoms with Gasteiger partial charge < -0.3 is 5.73 Å². The van der Waals surface area contributed by atoms with E-state index in [1.165, 1.54) is 44.2 Å². The Balaban J connectivity index is 1.57. The minimum atomic E-state index is 0.425. The minimum Gasteiger partial charge on any atom is -0.326 e. The first-order valence-corrected chi connectivity index (χ1v) is 7.78. The standard InChI is InChI=1S/C17H26N2/c1-13-3-2-4-15(11-13)14-5-7-17(8-6-14)19-10-9-16(18)12-19/h2-4,11,14,16-17H,5-10,12,18H2,1H3. The quantitative estimate of drug-likeness (QED) is 0.883. The van der Waals surface area contributed by atoms with Crippen LogP contribution in [0.25, 0.3) is 0 Å². The molecule has 1 heterocycles. The van der Waals surface area contributed by atoms with E-state index >= 15 is 0 Å². The zero-order chi connectivity index (χ0) is 13.2. The van der Waals surface area contributed by atoms with Gasteiger partial charge in [-0.3, -0.25) is 4.90 Å². The van der Waals surface area contributed by atoms with E-state index in [0.717, 1.165) is 18.5 Å². The van der Waals surface area contributed by atoms with Gasteiger partial charge >= 0.3 is 0 Å². The van der Waals surface area contributed by atoms with Gasteiger partial charge in [0.15, 0.2) is 0 Å². The highest BCUT2D eigenvalue weighted by molar-refractivity contribution is 5.25. The van der Waals surface area contributed by atoms with E-state index in [4.69, 9.17) is 5.73 Å². The van der Waals surface area contributed by atoms with Gasteiger partial charge in [-0.2, -0.15) is 0 Å². The summed E-state index contributed by atoms with van der Waals surface area (Å²) >= 11 is 0. The highest BCUT2D eigenvalue weighted by Gasteiger charge is 2.30. The number of rotatable bonds is 2. The molecular weight excluding hydrogens is 232 g/mol. The lowest BCUT2D eigenvalue weighted by atomic mass is 9.81. The third-order valence-electron chi connectivity index (χ3n) is 4.98. The number of hydrogen-bond acceptors (Lipinski definition) is 2. The molecule has 0 aromatic heterocycles. The van der Waals surface area contributed by atoms with Crippen molar-refractivity contribution in [2.45, 2.75) is 57.0 Å². The lowest BCUT2D eigenvalue weighted by Gasteiger charge is -2.34. The molecule has 2 aliphatic rings. The molecule has 19 heavy (non-hydrogen) atoms. The predicted molar refractivity (Wildman–Crippen MR) is 80.3 cm³/mol. The fraction of sp³-hybridized carbons (Fsp3) is 0.647. The van der Waals surface area contributed by atoms with Crippen LogP contribution in [0.3, 0.4) is 0 Å². The van der Waals surface area contributed by atoms with Crippen molar-refractivity contribution in [3.63, 3.8) is 0 Å². The Bertz CT molecular complexity index is 421. The fourth-order valence-corrected chi connectivity index (χ4v) is 3.85. The first-order valence-electron chi connectivity index (χ1n) is 7.78. The van der Waals surface area contributed by atoms with Gasteiger partial charge in [0.2, 0.25) is 0 Å². The Morgan fingerprint density at radius 3 is 2.53 bits per heavy atom. The molecule has 1 unspecified atom stereocenters. The van der Waals surface area contributed by atoms with Crippen LogP contribution in [0.5, 0.6) is 0 Å². The Kier molecular flexibility index (Phi) is 3.90.